The molecule has 0 aliphatic carbocycles. The highest BCUT2D eigenvalue weighted by Crippen LogP contribution is 2.37. The number of benzene rings is 3. The molecule has 0 amide bonds. The van der Waals surface area contributed by atoms with Crippen molar-refractivity contribution in [2.75, 3.05) is 12.4 Å². The lowest BCUT2D eigenvalue weighted by Gasteiger charge is -2.15. The van der Waals surface area contributed by atoms with Gasteiger partial charge in [-0.3, -0.25) is 10.1 Å². The summed E-state index contributed by atoms with van der Waals surface area (Å²) >= 11 is 0. The summed E-state index contributed by atoms with van der Waals surface area (Å²) in [5.74, 6) is 0.528. The van der Waals surface area contributed by atoms with Crippen LogP contribution in [0.25, 0.3) is 21.8 Å². The molecule has 0 radical (unpaired) electrons. The molecule has 0 unspecified atom stereocenters. The molecule has 136 valence electrons. The second-order valence-corrected chi connectivity index (χ2v) is 5.79. The number of non-ortho nitro benzene ring substituents is 1. The van der Waals surface area contributed by atoms with Gasteiger partial charge in [0.25, 0.3) is 5.69 Å². The highest BCUT2D eigenvalue weighted by atomic mass is 35.5. The van der Waals surface area contributed by atoms with Crippen molar-refractivity contribution in [1.82, 2.24) is 4.98 Å². The molecule has 0 saturated carbocycles. The number of hydrogen-bond acceptors (Lipinski definition) is 5. The van der Waals surface area contributed by atoms with Gasteiger partial charge in [-0.25, -0.2) is 4.98 Å². The van der Waals surface area contributed by atoms with Crippen molar-refractivity contribution in [3.05, 3.63) is 76.8 Å². The predicted molar refractivity (Wildman–Crippen MR) is 109 cm³/mol. The molecule has 1 aromatic heterocycles. The zero-order chi connectivity index (χ0) is 18.1. The van der Waals surface area contributed by atoms with Crippen molar-refractivity contribution in [2.45, 2.75) is 0 Å². The molecule has 4 rings (SSSR count). The van der Waals surface area contributed by atoms with E-state index in [4.69, 9.17) is 4.74 Å². The van der Waals surface area contributed by atoms with Crippen LogP contribution in [0, 0.1) is 10.1 Å². The molecule has 0 atom stereocenters. The highest BCUT2D eigenvalue weighted by Gasteiger charge is 2.15. The maximum atomic E-state index is 11.2. The van der Waals surface area contributed by atoms with Crippen molar-refractivity contribution in [2.24, 2.45) is 0 Å². The number of nitro benzene ring substituents is 1. The summed E-state index contributed by atoms with van der Waals surface area (Å²) in [6, 6.07) is 20.1. The number of hydrogen-bond donors (Lipinski definition) is 1. The molecule has 0 fully saturated rings. The molecule has 0 spiro atoms. The van der Waals surface area contributed by atoms with Gasteiger partial charge >= 0.3 is 0 Å². The number of ether oxygens (including phenoxy) is 1. The van der Waals surface area contributed by atoms with E-state index in [1.165, 1.54) is 19.2 Å². The molecule has 0 aliphatic rings. The summed E-state index contributed by atoms with van der Waals surface area (Å²) in [6.45, 7) is 0. The summed E-state index contributed by atoms with van der Waals surface area (Å²) < 4.78 is 5.38. The Balaban J connectivity index is 0.00000210. The molecule has 0 saturated heterocycles. The van der Waals surface area contributed by atoms with Crippen molar-refractivity contribution in [3.8, 4) is 5.75 Å². The van der Waals surface area contributed by atoms with Gasteiger partial charge in [0, 0.05) is 22.9 Å². The molecule has 1 heterocycles. The number of anilines is 2. The number of fused-ring (bicyclic) bond motifs is 2. The molecular formula is C20H16ClN3O3. The third-order valence-corrected chi connectivity index (χ3v) is 4.24. The van der Waals surface area contributed by atoms with Gasteiger partial charge in [-0.1, -0.05) is 36.4 Å². The van der Waals surface area contributed by atoms with Crippen LogP contribution in [0.1, 0.15) is 0 Å². The van der Waals surface area contributed by atoms with Crippen molar-refractivity contribution < 1.29 is 9.66 Å². The Morgan fingerprint density at radius 2 is 1.56 bits per heavy atom. The van der Waals surface area contributed by atoms with E-state index in [2.05, 4.69) is 10.3 Å². The zero-order valence-electron chi connectivity index (χ0n) is 14.4. The number of aromatic nitrogens is 1. The maximum Gasteiger partial charge on any atom is 0.271 e. The Morgan fingerprint density at radius 1 is 0.963 bits per heavy atom. The lowest BCUT2D eigenvalue weighted by atomic mass is 10.1. The largest absolute Gasteiger partial charge is 0.495 e. The predicted octanol–water partition coefficient (Wildman–Crippen LogP) is 5.47. The van der Waals surface area contributed by atoms with Gasteiger partial charge in [0.05, 0.1) is 34.4 Å². The van der Waals surface area contributed by atoms with Crippen LogP contribution < -0.4 is 10.1 Å². The van der Waals surface area contributed by atoms with Crippen LogP contribution >= 0.6 is 12.4 Å². The molecule has 0 aliphatic heterocycles. The molecule has 3 aromatic carbocycles. The van der Waals surface area contributed by atoms with E-state index in [0.29, 0.717) is 11.4 Å². The summed E-state index contributed by atoms with van der Waals surface area (Å²) in [5, 5.41) is 16.4. The summed E-state index contributed by atoms with van der Waals surface area (Å²) in [5.41, 5.74) is 3.06. The van der Waals surface area contributed by atoms with Gasteiger partial charge < -0.3 is 10.1 Å². The van der Waals surface area contributed by atoms with Crippen LogP contribution in [0.2, 0.25) is 0 Å². The van der Waals surface area contributed by atoms with Crippen molar-refractivity contribution >= 4 is 51.3 Å². The number of nitro groups is 1. The van der Waals surface area contributed by atoms with Gasteiger partial charge in [-0.15, -0.1) is 12.4 Å². The van der Waals surface area contributed by atoms with Crippen LogP contribution in [0.3, 0.4) is 0 Å². The third kappa shape index (κ3) is 3.35. The molecule has 0 bridgehead atoms. The fourth-order valence-corrected chi connectivity index (χ4v) is 3.02. The van der Waals surface area contributed by atoms with Crippen LogP contribution in [-0.2, 0) is 0 Å². The smallest absolute Gasteiger partial charge is 0.271 e. The number of nitrogens with zero attached hydrogens (tertiary/aromatic N) is 2. The summed E-state index contributed by atoms with van der Waals surface area (Å²) in [7, 11) is 1.54. The topological polar surface area (TPSA) is 77.3 Å². The molecule has 6 nitrogen and oxygen atoms in total. The van der Waals surface area contributed by atoms with Gasteiger partial charge in [-0.2, -0.15) is 0 Å². The monoisotopic (exact) mass is 381 g/mol. The first-order chi connectivity index (χ1) is 12.7. The van der Waals surface area contributed by atoms with E-state index in [-0.39, 0.29) is 18.1 Å². The Kier molecular flexibility index (Phi) is 5.09. The minimum atomic E-state index is -0.423. The van der Waals surface area contributed by atoms with Crippen LogP contribution in [0.5, 0.6) is 5.75 Å². The zero-order valence-corrected chi connectivity index (χ0v) is 15.2. The number of pyridine rings is 1. The fourth-order valence-electron chi connectivity index (χ4n) is 3.02. The van der Waals surface area contributed by atoms with Crippen LogP contribution in [0.4, 0.5) is 17.1 Å². The molecule has 7 heteroatoms. The number of nitrogens with one attached hydrogen (secondary N) is 1. The minimum Gasteiger partial charge on any atom is -0.495 e. The Labute approximate surface area is 161 Å². The Bertz CT molecular complexity index is 1090. The van der Waals surface area contributed by atoms with Crippen LogP contribution in [0.15, 0.2) is 66.7 Å². The summed E-state index contributed by atoms with van der Waals surface area (Å²) in [6.07, 6.45) is 0. The number of para-hydroxylation sites is 2. The number of rotatable bonds is 4. The highest BCUT2D eigenvalue weighted by molar-refractivity contribution is 6.08. The van der Waals surface area contributed by atoms with Crippen LogP contribution in [-0.4, -0.2) is 17.0 Å². The molecular weight excluding hydrogens is 366 g/mol. The van der Waals surface area contributed by atoms with Gasteiger partial charge in [-0.05, 0) is 18.2 Å². The average molecular weight is 382 g/mol. The standard InChI is InChI=1S/C20H15N3O3.ClH/c1-26-19-11-10-13(23(24)25)12-18(19)22-20-14-6-2-4-8-16(14)21-17-9-5-3-7-15(17)20;/h2-12H,1H3,(H,21,22);1H. The number of halogens is 1. The molecule has 1 N–H and O–H groups in total. The first-order valence-electron chi connectivity index (χ1n) is 8.04. The molecule has 27 heavy (non-hydrogen) atoms. The normalized spacial score (nSPS) is 10.4. The first-order valence-corrected chi connectivity index (χ1v) is 8.04. The van der Waals surface area contributed by atoms with Gasteiger partial charge in [0.2, 0.25) is 0 Å². The van der Waals surface area contributed by atoms with E-state index in [0.717, 1.165) is 27.5 Å². The fraction of sp³-hybridized carbons (Fsp3) is 0.0500. The van der Waals surface area contributed by atoms with E-state index < -0.39 is 4.92 Å². The second-order valence-electron chi connectivity index (χ2n) is 5.79. The van der Waals surface area contributed by atoms with E-state index >= 15 is 0 Å². The average Bonchev–Trinajstić information content (AvgIpc) is 2.67. The summed E-state index contributed by atoms with van der Waals surface area (Å²) in [4.78, 5) is 15.4. The first kappa shape index (κ1) is 18.4. The quantitative estimate of drug-likeness (QED) is 0.288. The van der Waals surface area contributed by atoms with E-state index in [1.54, 1.807) is 6.07 Å². The van der Waals surface area contributed by atoms with Crippen molar-refractivity contribution in [1.29, 1.82) is 0 Å². The Hall–Kier alpha value is -3.38. The maximum absolute atomic E-state index is 11.2. The lowest BCUT2D eigenvalue weighted by Crippen LogP contribution is -1.99. The lowest BCUT2D eigenvalue weighted by molar-refractivity contribution is -0.384. The second kappa shape index (κ2) is 7.47. The van der Waals surface area contributed by atoms with E-state index in [1.807, 2.05) is 48.5 Å². The van der Waals surface area contributed by atoms with E-state index in [9.17, 15) is 10.1 Å². The third-order valence-electron chi connectivity index (χ3n) is 4.24. The minimum absolute atomic E-state index is 0. The van der Waals surface area contributed by atoms with Gasteiger partial charge in [0.15, 0.2) is 0 Å². The van der Waals surface area contributed by atoms with Crippen molar-refractivity contribution in [3.63, 3.8) is 0 Å². The number of methoxy groups -OCH3 is 1. The van der Waals surface area contributed by atoms with Gasteiger partial charge in [0.1, 0.15) is 5.75 Å². The SMILES string of the molecule is COc1ccc([N+](=O)[O-])cc1Nc1c2ccccc2nc2ccccc12.Cl. The molecule has 4 aromatic rings. The Morgan fingerprint density at radius 3 is 2.11 bits per heavy atom.